The van der Waals surface area contributed by atoms with Crippen LogP contribution in [0.5, 0.6) is 0 Å². The highest BCUT2D eigenvalue weighted by Gasteiger charge is 2.33. The Balaban J connectivity index is 2.57. The first kappa shape index (κ1) is 24.3. The van der Waals surface area contributed by atoms with Crippen molar-refractivity contribution >= 4 is 32.2 Å². The summed E-state index contributed by atoms with van der Waals surface area (Å²) < 4.78 is 147. The Morgan fingerprint density at radius 2 is 0.903 bits per heavy atom. The molecular formula is C14H4F6O9S2. The lowest BCUT2D eigenvalue weighted by atomic mass is 10.2. The zero-order valence-corrected chi connectivity index (χ0v) is 15.6. The molecule has 0 bridgehead atoms. The van der Waals surface area contributed by atoms with Crippen molar-refractivity contribution < 1.29 is 66.6 Å². The minimum atomic E-state index is -5.57. The van der Waals surface area contributed by atoms with Crippen LogP contribution in [0, 0.1) is 34.9 Å². The van der Waals surface area contributed by atoms with E-state index in [2.05, 4.69) is 4.74 Å². The van der Waals surface area contributed by atoms with E-state index in [1.165, 1.54) is 0 Å². The molecule has 2 N–H and O–H groups in total. The van der Waals surface area contributed by atoms with Gasteiger partial charge in [-0.2, -0.15) is 16.8 Å². The molecule has 2 aromatic rings. The van der Waals surface area contributed by atoms with Crippen molar-refractivity contribution in [2.24, 2.45) is 0 Å². The van der Waals surface area contributed by atoms with Gasteiger partial charge in [0.25, 0.3) is 20.2 Å². The van der Waals surface area contributed by atoms with Crippen molar-refractivity contribution in [1.82, 2.24) is 0 Å². The lowest BCUT2D eigenvalue weighted by Crippen LogP contribution is -2.19. The van der Waals surface area contributed by atoms with Gasteiger partial charge in [0, 0.05) is 0 Å². The molecule has 0 saturated heterocycles. The van der Waals surface area contributed by atoms with Gasteiger partial charge in [0.1, 0.15) is 20.9 Å². The zero-order chi connectivity index (χ0) is 24.0. The Kier molecular flexibility index (Phi) is 6.19. The van der Waals surface area contributed by atoms with E-state index in [-0.39, 0.29) is 12.1 Å². The molecule has 0 aliphatic carbocycles. The van der Waals surface area contributed by atoms with Crippen LogP contribution in [0.1, 0.15) is 20.7 Å². The molecule has 0 aromatic heterocycles. The Labute approximate surface area is 167 Å². The predicted molar refractivity (Wildman–Crippen MR) is 82.0 cm³/mol. The quantitative estimate of drug-likeness (QED) is 0.214. The predicted octanol–water partition coefficient (Wildman–Crippen LogP) is 2.01. The maximum absolute atomic E-state index is 13.8. The molecular weight excluding hydrogens is 490 g/mol. The molecule has 0 heterocycles. The van der Waals surface area contributed by atoms with Crippen LogP contribution in [-0.2, 0) is 25.0 Å². The minimum Gasteiger partial charge on any atom is -0.386 e. The molecule has 17 heteroatoms. The second-order valence-corrected chi connectivity index (χ2v) is 8.14. The topological polar surface area (TPSA) is 152 Å². The van der Waals surface area contributed by atoms with E-state index in [1.807, 2.05) is 0 Å². The van der Waals surface area contributed by atoms with E-state index in [9.17, 15) is 52.8 Å². The Bertz CT molecular complexity index is 1250. The zero-order valence-electron chi connectivity index (χ0n) is 14.0. The van der Waals surface area contributed by atoms with Crippen LogP contribution in [0.15, 0.2) is 21.9 Å². The van der Waals surface area contributed by atoms with Crippen molar-refractivity contribution in [2.45, 2.75) is 9.79 Å². The fraction of sp³-hybridized carbons (Fsp3) is 0. The number of hydrogen-bond acceptors (Lipinski definition) is 7. The summed E-state index contributed by atoms with van der Waals surface area (Å²) in [4.78, 5) is 19.7. The van der Waals surface area contributed by atoms with Gasteiger partial charge in [0.15, 0.2) is 34.9 Å². The smallest absolute Gasteiger partial charge is 0.349 e. The molecule has 2 aromatic carbocycles. The summed E-state index contributed by atoms with van der Waals surface area (Å²) in [5.41, 5.74) is -3.64. The Morgan fingerprint density at radius 1 is 0.613 bits per heavy atom. The van der Waals surface area contributed by atoms with E-state index in [0.717, 1.165) is 0 Å². The number of carbonyl (C=O) groups is 2. The third-order valence-electron chi connectivity index (χ3n) is 3.41. The van der Waals surface area contributed by atoms with Crippen molar-refractivity contribution in [2.75, 3.05) is 0 Å². The molecule has 0 fully saturated rings. The van der Waals surface area contributed by atoms with E-state index < -0.39 is 88.0 Å². The number of hydrogen-bond donors (Lipinski definition) is 2. The highest BCUT2D eigenvalue weighted by molar-refractivity contribution is 7.86. The molecule has 9 nitrogen and oxygen atoms in total. The van der Waals surface area contributed by atoms with Crippen molar-refractivity contribution in [3.8, 4) is 0 Å². The number of ether oxygens (including phenoxy) is 1. The van der Waals surface area contributed by atoms with Crippen LogP contribution in [0.4, 0.5) is 26.3 Å². The molecule has 0 aliphatic rings. The van der Waals surface area contributed by atoms with Crippen LogP contribution in [0.25, 0.3) is 0 Å². The average molecular weight is 494 g/mol. The summed E-state index contributed by atoms with van der Waals surface area (Å²) in [5, 5.41) is 0. The normalized spacial score (nSPS) is 12.0. The molecule has 31 heavy (non-hydrogen) atoms. The molecule has 0 amide bonds. The van der Waals surface area contributed by atoms with E-state index in [4.69, 9.17) is 9.11 Å². The highest BCUT2D eigenvalue weighted by Crippen LogP contribution is 2.26. The van der Waals surface area contributed by atoms with Gasteiger partial charge in [-0.3, -0.25) is 9.11 Å². The summed E-state index contributed by atoms with van der Waals surface area (Å²) in [6, 6.07) is -0.603. The van der Waals surface area contributed by atoms with Crippen LogP contribution in [0.2, 0.25) is 0 Å². The van der Waals surface area contributed by atoms with E-state index in [1.54, 1.807) is 0 Å². The molecule has 0 saturated carbocycles. The van der Waals surface area contributed by atoms with Gasteiger partial charge in [-0.25, -0.2) is 35.9 Å². The van der Waals surface area contributed by atoms with Gasteiger partial charge < -0.3 is 4.74 Å². The number of rotatable bonds is 4. The van der Waals surface area contributed by atoms with Gasteiger partial charge in [0.05, 0.1) is 0 Å². The third kappa shape index (κ3) is 4.53. The van der Waals surface area contributed by atoms with Gasteiger partial charge in [0.2, 0.25) is 0 Å². The fourth-order valence-electron chi connectivity index (χ4n) is 2.03. The monoisotopic (exact) mass is 494 g/mol. The molecule has 0 atom stereocenters. The first-order valence-electron chi connectivity index (χ1n) is 7.05. The lowest BCUT2D eigenvalue weighted by molar-refractivity contribution is 0.0389. The van der Waals surface area contributed by atoms with E-state index in [0.29, 0.717) is 0 Å². The van der Waals surface area contributed by atoms with Crippen LogP contribution in [0.3, 0.4) is 0 Å². The van der Waals surface area contributed by atoms with Crippen LogP contribution in [-0.4, -0.2) is 37.9 Å². The summed E-state index contributed by atoms with van der Waals surface area (Å²) >= 11 is 0. The fourth-order valence-corrected chi connectivity index (χ4v) is 3.19. The van der Waals surface area contributed by atoms with Crippen molar-refractivity contribution in [3.63, 3.8) is 0 Å². The van der Waals surface area contributed by atoms with Crippen LogP contribution < -0.4 is 0 Å². The minimum absolute atomic E-state index is 0.302. The Hall–Kier alpha value is -3.02. The van der Waals surface area contributed by atoms with Gasteiger partial charge >= 0.3 is 11.9 Å². The SMILES string of the molecule is O=C(OC(=O)c1cc(S(=O)(=O)O)c(F)c(F)c1F)c1cc(S(=O)(=O)O)c(F)c(F)c1F. The second kappa shape index (κ2) is 7.91. The van der Waals surface area contributed by atoms with Crippen molar-refractivity contribution in [1.29, 1.82) is 0 Å². The molecule has 2 rings (SSSR count). The average Bonchev–Trinajstić information content (AvgIpc) is 2.62. The number of esters is 2. The van der Waals surface area contributed by atoms with Crippen molar-refractivity contribution in [3.05, 3.63) is 58.2 Å². The summed E-state index contributed by atoms with van der Waals surface area (Å²) in [6.07, 6.45) is 0. The Morgan fingerprint density at radius 3 is 1.16 bits per heavy atom. The second-order valence-electron chi connectivity index (χ2n) is 5.36. The molecule has 0 spiro atoms. The highest BCUT2D eigenvalue weighted by atomic mass is 32.2. The number of halogens is 6. The summed E-state index contributed by atoms with van der Waals surface area (Å²) in [5.74, 6) is -19.7. The maximum Gasteiger partial charge on any atom is 0.349 e. The maximum atomic E-state index is 13.8. The van der Waals surface area contributed by atoms with Gasteiger partial charge in [-0.1, -0.05) is 0 Å². The largest absolute Gasteiger partial charge is 0.386 e. The van der Waals surface area contributed by atoms with Gasteiger partial charge in [-0.05, 0) is 12.1 Å². The lowest BCUT2D eigenvalue weighted by Gasteiger charge is -2.09. The molecule has 168 valence electrons. The summed E-state index contributed by atoms with van der Waals surface area (Å²) in [7, 11) is -11.1. The third-order valence-corrected chi connectivity index (χ3v) is 5.11. The molecule has 0 unspecified atom stereocenters. The summed E-state index contributed by atoms with van der Waals surface area (Å²) in [6.45, 7) is 0. The van der Waals surface area contributed by atoms with E-state index >= 15 is 0 Å². The first-order chi connectivity index (χ1) is 14.0. The van der Waals surface area contributed by atoms with Crippen LogP contribution >= 0.6 is 0 Å². The number of benzene rings is 2. The molecule has 0 radical (unpaired) electrons. The van der Waals surface area contributed by atoms with Gasteiger partial charge in [-0.15, -0.1) is 0 Å². The molecule has 0 aliphatic heterocycles. The first-order valence-corrected chi connectivity index (χ1v) is 9.93. The standard InChI is InChI=1S/C14H4F6O9S2/c15-7-3(1-5(30(23,24)25)9(17)11(7)19)13(21)29-14(22)4-2-6(31(26,27)28)10(18)12(20)8(4)16/h1-2H,(H,23,24,25)(H,26,27,28). The number of carbonyl (C=O) groups excluding carboxylic acids is 2.